The van der Waals surface area contributed by atoms with Gasteiger partial charge in [0.1, 0.15) is 0 Å². The molecule has 0 spiro atoms. The first-order valence-corrected chi connectivity index (χ1v) is 6.28. The maximum atomic E-state index is 11.9. The van der Waals surface area contributed by atoms with Crippen molar-refractivity contribution in [2.75, 3.05) is 13.2 Å². The monoisotopic (exact) mass is 240 g/mol. The summed E-state index contributed by atoms with van der Waals surface area (Å²) in [6, 6.07) is 1.88. The Kier molecular flexibility index (Phi) is 3.58. The van der Waals surface area contributed by atoms with E-state index in [1.165, 1.54) is 0 Å². The molecule has 1 aliphatic heterocycles. The molecule has 4 nitrogen and oxygen atoms in total. The van der Waals surface area contributed by atoms with Crippen LogP contribution in [0.2, 0.25) is 0 Å². The molecular formula is C11H16N2O2S. The first kappa shape index (κ1) is 11.6. The highest BCUT2D eigenvalue weighted by atomic mass is 32.1. The normalized spacial score (nSPS) is 26.6. The molecule has 1 aliphatic rings. The van der Waals surface area contributed by atoms with Crippen molar-refractivity contribution >= 4 is 17.2 Å². The Morgan fingerprint density at radius 2 is 2.50 bits per heavy atom. The van der Waals surface area contributed by atoms with E-state index >= 15 is 0 Å². The summed E-state index contributed by atoms with van der Waals surface area (Å²) in [5.41, 5.74) is 6.92. The van der Waals surface area contributed by atoms with Gasteiger partial charge in [0, 0.05) is 6.04 Å². The van der Waals surface area contributed by atoms with Gasteiger partial charge in [0.15, 0.2) is 0 Å². The molecule has 1 aromatic rings. The number of amides is 1. The second kappa shape index (κ2) is 4.95. The van der Waals surface area contributed by atoms with Gasteiger partial charge in [-0.2, -0.15) is 11.3 Å². The minimum atomic E-state index is -0.207. The van der Waals surface area contributed by atoms with Gasteiger partial charge in [-0.3, -0.25) is 4.79 Å². The summed E-state index contributed by atoms with van der Waals surface area (Å²) in [5, 5.41) is 7.00. The Labute approximate surface area is 98.8 Å². The third-order valence-corrected chi connectivity index (χ3v) is 3.56. The number of carbonyl (C=O) groups is 1. The SMILES string of the molecule is CC(NC(=O)C1COCC1N)c1ccsc1. The van der Waals surface area contributed by atoms with Crippen LogP contribution in [0.5, 0.6) is 0 Å². The quantitative estimate of drug-likeness (QED) is 0.825. The molecule has 0 aromatic carbocycles. The summed E-state index contributed by atoms with van der Waals surface area (Å²) in [6.45, 7) is 2.88. The predicted molar refractivity (Wildman–Crippen MR) is 63.2 cm³/mol. The van der Waals surface area contributed by atoms with Crippen LogP contribution in [0, 0.1) is 5.92 Å². The molecule has 1 fully saturated rings. The number of ether oxygens (including phenoxy) is 1. The zero-order chi connectivity index (χ0) is 11.5. The minimum absolute atomic E-state index is 0.0105. The molecule has 1 aromatic heterocycles. The lowest BCUT2D eigenvalue weighted by Gasteiger charge is -2.17. The van der Waals surface area contributed by atoms with Crippen molar-refractivity contribution in [3.05, 3.63) is 22.4 Å². The van der Waals surface area contributed by atoms with E-state index in [-0.39, 0.29) is 23.9 Å². The fourth-order valence-corrected chi connectivity index (χ4v) is 2.52. The number of rotatable bonds is 3. The molecular weight excluding hydrogens is 224 g/mol. The number of nitrogens with one attached hydrogen (secondary N) is 1. The van der Waals surface area contributed by atoms with Crippen molar-refractivity contribution < 1.29 is 9.53 Å². The van der Waals surface area contributed by atoms with Gasteiger partial charge in [-0.05, 0) is 29.3 Å². The van der Waals surface area contributed by atoms with Crippen LogP contribution in [0.4, 0.5) is 0 Å². The zero-order valence-corrected chi connectivity index (χ0v) is 10.00. The van der Waals surface area contributed by atoms with E-state index in [0.717, 1.165) is 5.56 Å². The molecule has 16 heavy (non-hydrogen) atoms. The highest BCUT2D eigenvalue weighted by Crippen LogP contribution is 2.18. The number of hydrogen-bond acceptors (Lipinski definition) is 4. The van der Waals surface area contributed by atoms with Crippen LogP contribution in [-0.2, 0) is 9.53 Å². The van der Waals surface area contributed by atoms with Crippen LogP contribution < -0.4 is 11.1 Å². The summed E-state index contributed by atoms with van der Waals surface area (Å²) >= 11 is 1.63. The molecule has 0 aliphatic carbocycles. The lowest BCUT2D eigenvalue weighted by molar-refractivity contribution is -0.125. The van der Waals surface area contributed by atoms with Gasteiger partial charge in [-0.25, -0.2) is 0 Å². The number of nitrogens with two attached hydrogens (primary N) is 1. The van der Waals surface area contributed by atoms with E-state index in [0.29, 0.717) is 13.2 Å². The van der Waals surface area contributed by atoms with E-state index in [2.05, 4.69) is 5.32 Å². The first-order chi connectivity index (χ1) is 7.68. The van der Waals surface area contributed by atoms with E-state index in [1.54, 1.807) is 11.3 Å². The second-order valence-electron chi connectivity index (χ2n) is 4.09. The van der Waals surface area contributed by atoms with Crippen molar-refractivity contribution in [3.8, 4) is 0 Å². The average Bonchev–Trinajstić information content (AvgIpc) is 2.86. The fourth-order valence-electron chi connectivity index (χ4n) is 1.77. The Morgan fingerprint density at radius 3 is 3.06 bits per heavy atom. The number of carbonyl (C=O) groups excluding carboxylic acids is 1. The maximum Gasteiger partial charge on any atom is 0.227 e. The fraction of sp³-hybridized carbons (Fsp3) is 0.545. The third-order valence-electron chi connectivity index (χ3n) is 2.86. The van der Waals surface area contributed by atoms with Crippen LogP contribution >= 0.6 is 11.3 Å². The molecule has 2 heterocycles. The van der Waals surface area contributed by atoms with Crippen molar-refractivity contribution in [2.45, 2.75) is 19.0 Å². The molecule has 0 bridgehead atoms. The Hall–Kier alpha value is -0.910. The van der Waals surface area contributed by atoms with Gasteiger partial charge >= 0.3 is 0 Å². The van der Waals surface area contributed by atoms with Gasteiger partial charge in [-0.15, -0.1) is 0 Å². The number of thiophene rings is 1. The van der Waals surface area contributed by atoms with E-state index in [9.17, 15) is 4.79 Å². The molecule has 3 N–H and O–H groups in total. The molecule has 3 atom stereocenters. The third kappa shape index (κ3) is 2.42. The molecule has 5 heteroatoms. The molecule has 88 valence electrons. The van der Waals surface area contributed by atoms with E-state index < -0.39 is 0 Å². The molecule has 0 radical (unpaired) electrons. The van der Waals surface area contributed by atoms with Crippen LogP contribution in [0.25, 0.3) is 0 Å². The summed E-state index contributed by atoms with van der Waals surface area (Å²) in [6.07, 6.45) is 0. The van der Waals surface area contributed by atoms with Crippen molar-refractivity contribution in [3.63, 3.8) is 0 Å². The Bertz CT molecular complexity index is 353. The number of hydrogen-bond donors (Lipinski definition) is 2. The van der Waals surface area contributed by atoms with Crippen molar-refractivity contribution in [1.82, 2.24) is 5.32 Å². The summed E-state index contributed by atoms with van der Waals surface area (Å²) in [4.78, 5) is 11.9. The van der Waals surface area contributed by atoms with Crippen LogP contribution in [0.1, 0.15) is 18.5 Å². The lowest BCUT2D eigenvalue weighted by atomic mass is 10.0. The largest absolute Gasteiger partial charge is 0.379 e. The van der Waals surface area contributed by atoms with E-state index in [4.69, 9.17) is 10.5 Å². The Balaban J connectivity index is 1.92. The van der Waals surface area contributed by atoms with Gasteiger partial charge in [0.25, 0.3) is 0 Å². The van der Waals surface area contributed by atoms with Crippen molar-refractivity contribution in [1.29, 1.82) is 0 Å². The highest BCUT2D eigenvalue weighted by molar-refractivity contribution is 7.07. The summed E-state index contributed by atoms with van der Waals surface area (Å²) < 4.78 is 5.18. The maximum absolute atomic E-state index is 11.9. The van der Waals surface area contributed by atoms with Crippen LogP contribution in [0.15, 0.2) is 16.8 Å². The smallest absolute Gasteiger partial charge is 0.227 e. The topological polar surface area (TPSA) is 64.3 Å². The minimum Gasteiger partial charge on any atom is -0.379 e. The first-order valence-electron chi connectivity index (χ1n) is 5.34. The molecule has 2 rings (SSSR count). The molecule has 1 amide bonds. The van der Waals surface area contributed by atoms with Gasteiger partial charge < -0.3 is 15.8 Å². The second-order valence-corrected chi connectivity index (χ2v) is 4.87. The predicted octanol–water partition coefficient (Wildman–Crippen LogP) is 0.899. The molecule has 1 saturated heterocycles. The highest BCUT2D eigenvalue weighted by Gasteiger charge is 2.31. The zero-order valence-electron chi connectivity index (χ0n) is 9.18. The van der Waals surface area contributed by atoms with Gasteiger partial charge in [0.05, 0.1) is 25.2 Å². The standard InChI is InChI=1S/C11H16N2O2S/c1-7(8-2-3-16-6-8)13-11(14)9-4-15-5-10(9)12/h2-3,6-7,9-10H,4-5,12H2,1H3,(H,13,14). The van der Waals surface area contributed by atoms with Gasteiger partial charge in [0.2, 0.25) is 5.91 Å². The van der Waals surface area contributed by atoms with Crippen LogP contribution in [-0.4, -0.2) is 25.2 Å². The van der Waals surface area contributed by atoms with Crippen molar-refractivity contribution in [2.24, 2.45) is 11.7 Å². The molecule has 0 saturated carbocycles. The summed E-state index contributed by atoms with van der Waals surface area (Å²) in [7, 11) is 0. The molecule has 3 unspecified atom stereocenters. The van der Waals surface area contributed by atoms with E-state index in [1.807, 2.05) is 23.8 Å². The van der Waals surface area contributed by atoms with Gasteiger partial charge in [-0.1, -0.05) is 0 Å². The lowest BCUT2D eigenvalue weighted by Crippen LogP contribution is -2.41. The average molecular weight is 240 g/mol. The van der Waals surface area contributed by atoms with Crippen LogP contribution in [0.3, 0.4) is 0 Å². The Morgan fingerprint density at radius 1 is 1.69 bits per heavy atom. The summed E-state index contributed by atoms with van der Waals surface area (Å²) in [5.74, 6) is -0.218.